The third-order valence-electron chi connectivity index (χ3n) is 5.01. The number of benzene rings is 2. The molecule has 2 aromatic carbocycles. The van der Waals surface area contributed by atoms with Crippen molar-refractivity contribution in [1.29, 1.82) is 0 Å². The molecule has 0 saturated heterocycles. The van der Waals surface area contributed by atoms with Gasteiger partial charge in [-0.1, -0.05) is 42.4 Å². The van der Waals surface area contributed by atoms with Gasteiger partial charge in [0.1, 0.15) is 0 Å². The molecule has 0 aliphatic heterocycles. The monoisotopic (exact) mass is 392 g/mol. The van der Waals surface area contributed by atoms with Crippen LogP contribution in [-0.2, 0) is 4.79 Å². The lowest BCUT2D eigenvalue weighted by Gasteiger charge is -2.17. The zero-order valence-corrected chi connectivity index (χ0v) is 18.3. The maximum atomic E-state index is 12.9. The molecule has 28 heavy (non-hydrogen) atoms. The van der Waals surface area contributed by atoms with Crippen LogP contribution in [0.3, 0.4) is 0 Å². The van der Waals surface area contributed by atoms with Crippen LogP contribution in [0.15, 0.2) is 41.4 Å². The molecule has 1 atom stereocenters. The van der Waals surface area contributed by atoms with Crippen LogP contribution in [0.1, 0.15) is 41.2 Å². The fourth-order valence-electron chi connectivity index (χ4n) is 3.43. The number of fused-ring (bicyclic) bond motifs is 1. The number of aryl methyl sites for hydroxylation is 5. The first-order chi connectivity index (χ1) is 13.3. The minimum Gasteiger partial charge on any atom is -0.325 e. The molecular formula is C24H28N2OS. The van der Waals surface area contributed by atoms with Crippen LogP contribution in [-0.4, -0.2) is 16.1 Å². The summed E-state index contributed by atoms with van der Waals surface area (Å²) in [6.07, 6.45) is 0.743. The average Bonchev–Trinajstić information content (AvgIpc) is 2.63. The Labute approximate surface area is 172 Å². The number of anilines is 1. The number of hydrogen-bond acceptors (Lipinski definition) is 3. The summed E-state index contributed by atoms with van der Waals surface area (Å²) in [6, 6.07) is 12.6. The largest absolute Gasteiger partial charge is 0.325 e. The highest BCUT2D eigenvalue weighted by atomic mass is 32.2. The van der Waals surface area contributed by atoms with E-state index >= 15 is 0 Å². The Bertz CT molecular complexity index is 1040. The summed E-state index contributed by atoms with van der Waals surface area (Å²) in [7, 11) is 0. The van der Waals surface area contributed by atoms with Gasteiger partial charge in [0.25, 0.3) is 0 Å². The zero-order valence-electron chi connectivity index (χ0n) is 17.5. The second-order valence-electron chi connectivity index (χ2n) is 7.58. The van der Waals surface area contributed by atoms with Gasteiger partial charge in [-0.15, -0.1) is 0 Å². The first kappa shape index (κ1) is 20.4. The molecule has 0 radical (unpaired) electrons. The van der Waals surface area contributed by atoms with E-state index in [0.29, 0.717) is 0 Å². The van der Waals surface area contributed by atoms with Crippen LogP contribution in [0.2, 0.25) is 0 Å². The first-order valence-corrected chi connectivity index (χ1v) is 10.6. The number of nitrogens with zero attached hydrogens (tertiary/aromatic N) is 1. The molecule has 3 aromatic rings. The van der Waals surface area contributed by atoms with Crippen molar-refractivity contribution in [2.24, 2.45) is 0 Å². The van der Waals surface area contributed by atoms with Crippen LogP contribution < -0.4 is 5.32 Å². The van der Waals surface area contributed by atoms with Gasteiger partial charge in [0, 0.05) is 11.1 Å². The SMILES string of the molecule is CCC(Sc1cc(C)c2cc(C)cc(C)c2n1)C(=O)Nc1cc(C)ccc1C. The summed E-state index contributed by atoms with van der Waals surface area (Å²) < 4.78 is 0. The molecule has 1 aromatic heterocycles. The van der Waals surface area contributed by atoms with E-state index in [9.17, 15) is 4.79 Å². The van der Waals surface area contributed by atoms with Crippen LogP contribution in [0, 0.1) is 34.6 Å². The van der Waals surface area contributed by atoms with Crippen molar-refractivity contribution in [1.82, 2.24) is 4.98 Å². The number of thioether (sulfide) groups is 1. The predicted molar refractivity (Wildman–Crippen MR) is 120 cm³/mol. The molecule has 146 valence electrons. The molecule has 0 bridgehead atoms. The number of aromatic nitrogens is 1. The Morgan fingerprint density at radius 1 is 0.964 bits per heavy atom. The van der Waals surface area contributed by atoms with E-state index in [2.05, 4.69) is 50.4 Å². The summed E-state index contributed by atoms with van der Waals surface area (Å²) in [5.74, 6) is 0.0291. The van der Waals surface area contributed by atoms with Crippen LogP contribution >= 0.6 is 11.8 Å². The minimum absolute atomic E-state index is 0.0291. The molecule has 0 saturated carbocycles. The van der Waals surface area contributed by atoms with Crippen molar-refractivity contribution >= 4 is 34.3 Å². The summed E-state index contributed by atoms with van der Waals surface area (Å²) in [6.45, 7) is 12.4. The van der Waals surface area contributed by atoms with Crippen molar-refractivity contribution in [3.63, 3.8) is 0 Å². The van der Waals surface area contributed by atoms with E-state index in [-0.39, 0.29) is 11.2 Å². The summed E-state index contributed by atoms with van der Waals surface area (Å²) in [4.78, 5) is 17.8. The number of pyridine rings is 1. The van der Waals surface area contributed by atoms with Gasteiger partial charge >= 0.3 is 0 Å². The summed E-state index contributed by atoms with van der Waals surface area (Å²) in [5.41, 5.74) is 7.74. The van der Waals surface area contributed by atoms with Crippen molar-refractivity contribution in [2.45, 2.75) is 58.2 Å². The fourth-order valence-corrected chi connectivity index (χ4v) is 4.44. The van der Waals surface area contributed by atoms with Crippen molar-refractivity contribution in [2.75, 3.05) is 5.32 Å². The third kappa shape index (κ3) is 4.39. The van der Waals surface area contributed by atoms with Crippen molar-refractivity contribution in [3.8, 4) is 0 Å². The Morgan fingerprint density at radius 2 is 1.71 bits per heavy atom. The fraction of sp³-hybridized carbons (Fsp3) is 0.333. The molecule has 0 aliphatic rings. The van der Waals surface area contributed by atoms with Gasteiger partial charge in [0.05, 0.1) is 15.8 Å². The van der Waals surface area contributed by atoms with E-state index in [1.54, 1.807) is 11.8 Å². The molecule has 3 nitrogen and oxygen atoms in total. The van der Waals surface area contributed by atoms with E-state index in [0.717, 1.165) is 33.8 Å². The third-order valence-corrected chi connectivity index (χ3v) is 6.29. The summed E-state index contributed by atoms with van der Waals surface area (Å²) in [5, 5.41) is 5.01. The van der Waals surface area contributed by atoms with Gasteiger partial charge in [-0.05, 0) is 81.5 Å². The maximum absolute atomic E-state index is 12.9. The average molecular weight is 393 g/mol. The van der Waals surface area contributed by atoms with Crippen molar-refractivity contribution in [3.05, 3.63) is 64.2 Å². The molecule has 0 spiro atoms. The molecule has 0 aliphatic carbocycles. The lowest BCUT2D eigenvalue weighted by Crippen LogP contribution is -2.25. The highest BCUT2D eigenvalue weighted by molar-refractivity contribution is 8.00. The zero-order chi connectivity index (χ0) is 20.4. The molecule has 4 heteroatoms. The molecule has 3 rings (SSSR count). The number of carbonyl (C=O) groups excluding carboxylic acids is 1. The second kappa shape index (κ2) is 8.36. The topological polar surface area (TPSA) is 42.0 Å². The quantitative estimate of drug-likeness (QED) is 0.519. The Kier molecular flexibility index (Phi) is 6.09. The van der Waals surface area contributed by atoms with Gasteiger partial charge < -0.3 is 5.32 Å². The standard InChI is InChI=1S/C24H28N2OS/c1-7-21(24(27)25-20-12-14(2)8-9-16(20)4)28-22-13-17(5)19-11-15(3)10-18(6)23(19)26-22/h8-13,21H,7H2,1-6H3,(H,25,27). The molecular weight excluding hydrogens is 364 g/mol. The van der Waals surface area contributed by atoms with Crippen LogP contribution in [0.4, 0.5) is 5.69 Å². The molecule has 1 heterocycles. The molecule has 1 N–H and O–H groups in total. The molecule has 1 amide bonds. The highest BCUT2D eigenvalue weighted by Gasteiger charge is 2.20. The van der Waals surface area contributed by atoms with Gasteiger partial charge in [0.2, 0.25) is 5.91 Å². The number of rotatable bonds is 5. The highest BCUT2D eigenvalue weighted by Crippen LogP contribution is 2.31. The minimum atomic E-state index is -0.185. The molecule has 0 fully saturated rings. The Balaban J connectivity index is 1.86. The second-order valence-corrected chi connectivity index (χ2v) is 8.80. The number of carbonyl (C=O) groups is 1. The normalized spacial score (nSPS) is 12.2. The van der Waals surface area contributed by atoms with E-state index in [1.807, 2.05) is 32.9 Å². The van der Waals surface area contributed by atoms with Crippen LogP contribution in [0.25, 0.3) is 10.9 Å². The summed E-state index contributed by atoms with van der Waals surface area (Å²) >= 11 is 1.54. The first-order valence-electron chi connectivity index (χ1n) is 9.72. The van der Waals surface area contributed by atoms with Gasteiger partial charge in [-0.3, -0.25) is 4.79 Å². The number of hydrogen-bond donors (Lipinski definition) is 1. The van der Waals surface area contributed by atoms with E-state index < -0.39 is 0 Å². The lowest BCUT2D eigenvalue weighted by atomic mass is 10.0. The van der Waals surface area contributed by atoms with Crippen molar-refractivity contribution < 1.29 is 4.79 Å². The number of amides is 1. The predicted octanol–water partition coefficient (Wildman–Crippen LogP) is 6.29. The van der Waals surface area contributed by atoms with E-state index in [4.69, 9.17) is 4.98 Å². The Morgan fingerprint density at radius 3 is 2.43 bits per heavy atom. The maximum Gasteiger partial charge on any atom is 0.237 e. The van der Waals surface area contributed by atoms with Crippen LogP contribution in [0.5, 0.6) is 0 Å². The van der Waals surface area contributed by atoms with Gasteiger partial charge in [-0.2, -0.15) is 0 Å². The van der Waals surface area contributed by atoms with E-state index in [1.165, 1.54) is 22.1 Å². The van der Waals surface area contributed by atoms with Gasteiger partial charge in [-0.25, -0.2) is 4.98 Å². The smallest absolute Gasteiger partial charge is 0.237 e. The Hall–Kier alpha value is -2.33. The molecule has 1 unspecified atom stereocenters. The number of nitrogens with one attached hydrogen (secondary N) is 1. The lowest BCUT2D eigenvalue weighted by molar-refractivity contribution is -0.115. The van der Waals surface area contributed by atoms with Gasteiger partial charge in [0.15, 0.2) is 0 Å².